The molecule has 0 aromatic carbocycles. The van der Waals surface area contributed by atoms with E-state index in [0.717, 1.165) is 19.4 Å². The number of hydrogen-bond acceptors (Lipinski definition) is 6. The Balaban J connectivity index is 4.23. The maximum Gasteiger partial charge on any atom is 0.323 e. The third-order valence-corrected chi connectivity index (χ3v) is 8.72. The summed E-state index contributed by atoms with van der Waals surface area (Å²) in [6.07, 6.45) is 31.9. The number of esters is 1. The van der Waals surface area contributed by atoms with Crippen LogP contribution in [0.2, 0.25) is 0 Å². The Labute approximate surface area is 292 Å². The van der Waals surface area contributed by atoms with Gasteiger partial charge in [-0.05, 0) is 40.0 Å². The van der Waals surface area contributed by atoms with E-state index in [9.17, 15) is 9.59 Å². The van der Waals surface area contributed by atoms with Gasteiger partial charge in [-0.25, -0.2) is 0 Å². The summed E-state index contributed by atoms with van der Waals surface area (Å²) < 4.78 is 17.5. The van der Waals surface area contributed by atoms with Crippen LogP contribution in [0.5, 0.6) is 0 Å². The standard InChI is InChI=1S/C40H80N2O5/c1-6-8-10-12-14-16-18-20-22-24-26-28-32-45-35-36(34-42-38(43)31-30-37(41)39(44)47-40(3,4)5)46-33-29-27-25-23-21-19-17-15-13-11-9-7-2/h36-37H,6-35,41H2,1-5H3,(H,42,43). The van der Waals surface area contributed by atoms with Gasteiger partial charge < -0.3 is 25.3 Å². The van der Waals surface area contributed by atoms with Crippen LogP contribution in [0.15, 0.2) is 0 Å². The van der Waals surface area contributed by atoms with Crippen molar-refractivity contribution in [2.24, 2.45) is 5.73 Å². The van der Waals surface area contributed by atoms with E-state index in [4.69, 9.17) is 19.9 Å². The van der Waals surface area contributed by atoms with E-state index in [1.54, 1.807) is 0 Å². The van der Waals surface area contributed by atoms with E-state index in [0.29, 0.717) is 19.8 Å². The minimum Gasteiger partial charge on any atom is -0.459 e. The maximum absolute atomic E-state index is 12.5. The van der Waals surface area contributed by atoms with E-state index in [2.05, 4.69) is 19.2 Å². The van der Waals surface area contributed by atoms with E-state index < -0.39 is 17.6 Å². The van der Waals surface area contributed by atoms with Crippen molar-refractivity contribution in [1.82, 2.24) is 5.32 Å². The Hall–Kier alpha value is -1.18. The zero-order valence-corrected chi connectivity index (χ0v) is 32.0. The molecule has 7 nitrogen and oxygen atoms in total. The summed E-state index contributed by atoms with van der Waals surface area (Å²) in [5.41, 5.74) is 5.36. The highest BCUT2D eigenvalue weighted by Crippen LogP contribution is 2.14. The maximum atomic E-state index is 12.5. The third-order valence-electron chi connectivity index (χ3n) is 8.72. The summed E-state index contributed by atoms with van der Waals surface area (Å²) in [5.74, 6) is -0.607. The molecule has 0 rings (SSSR count). The van der Waals surface area contributed by atoms with Gasteiger partial charge in [-0.3, -0.25) is 9.59 Å². The van der Waals surface area contributed by atoms with Crippen LogP contribution in [0, 0.1) is 0 Å². The average Bonchev–Trinajstić information content (AvgIpc) is 3.03. The number of unbranched alkanes of at least 4 members (excludes halogenated alkanes) is 22. The van der Waals surface area contributed by atoms with E-state index in [-0.39, 0.29) is 24.9 Å². The van der Waals surface area contributed by atoms with Crippen molar-refractivity contribution in [3.63, 3.8) is 0 Å². The fourth-order valence-electron chi connectivity index (χ4n) is 5.72. The van der Waals surface area contributed by atoms with Gasteiger partial charge in [0, 0.05) is 26.2 Å². The van der Waals surface area contributed by atoms with Crippen molar-refractivity contribution < 1.29 is 23.8 Å². The molecule has 0 saturated carbocycles. The molecule has 0 fully saturated rings. The van der Waals surface area contributed by atoms with Gasteiger partial charge in [0.25, 0.3) is 0 Å². The number of carbonyl (C=O) groups excluding carboxylic acids is 2. The number of rotatable bonds is 35. The molecule has 0 saturated heterocycles. The first-order chi connectivity index (χ1) is 22.7. The smallest absolute Gasteiger partial charge is 0.323 e. The molecule has 0 aliphatic rings. The lowest BCUT2D eigenvalue weighted by molar-refractivity contribution is -0.156. The molecule has 280 valence electrons. The summed E-state index contributed by atoms with van der Waals surface area (Å²) in [6.45, 7) is 12.3. The van der Waals surface area contributed by atoms with Crippen LogP contribution in [-0.2, 0) is 23.8 Å². The van der Waals surface area contributed by atoms with Crippen LogP contribution in [0.25, 0.3) is 0 Å². The summed E-state index contributed by atoms with van der Waals surface area (Å²) >= 11 is 0. The number of amides is 1. The highest BCUT2D eigenvalue weighted by Gasteiger charge is 2.23. The van der Waals surface area contributed by atoms with Gasteiger partial charge >= 0.3 is 5.97 Å². The van der Waals surface area contributed by atoms with Gasteiger partial charge in [0.1, 0.15) is 11.6 Å². The van der Waals surface area contributed by atoms with Crippen molar-refractivity contribution in [1.29, 1.82) is 0 Å². The fraction of sp³-hybridized carbons (Fsp3) is 0.950. The molecule has 0 bridgehead atoms. The zero-order valence-electron chi connectivity index (χ0n) is 32.0. The zero-order chi connectivity index (χ0) is 34.9. The third kappa shape index (κ3) is 34.5. The number of carbonyl (C=O) groups is 2. The van der Waals surface area contributed by atoms with E-state index in [1.165, 1.54) is 141 Å². The lowest BCUT2D eigenvalue weighted by Crippen LogP contribution is -2.40. The number of nitrogens with one attached hydrogen (secondary N) is 1. The summed E-state index contributed by atoms with van der Waals surface area (Å²) in [4.78, 5) is 24.7. The van der Waals surface area contributed by atoms with Crippen LogP contribution < -0.4 is 11.1 Å². The normalized spacial score (nSPS) is 13.1. The van der Waals surface area contributed by atoms with Gasteiger partial charge in [0.05, 0.1) is 12.7 Å². The molecule has 0 aromatic rings. The van der Waals surface area contributed by atoms with E-state index >= 15 is 0 Å². The van der Waals surface area contributed by atoms with Crippen LogP contribution in [-0.4, -0.2) is 56.0 Å². The predicted molar refractivity (Wildman–Crippen MR) is 199 cm³/mol. The van der Waals surface area contributed by atoms with Crippen molar-refractivity contribution >= 4 is 11.9 Å². The average molecular weight is 669 g/mol. The highest BCUT2D eigenvalue weighted by molar-refractivity contribution is 5.79. The number of hydrogen-bond donors (Lipinski definition) is 2. The molecule has 3 N–H and O–H groups in total. The minimum atomic E-state index is -0.809. The molecule has 2 unspecified atom stereocenters. The first-order valence-electron chi connectivity index (χ1n) is 20.1. The van der Waals surface area contributed by atoms with Crippen molar-refractivity contribution in [2.75, 3.05) is 26.4 Å². The molecular weight excluding hydrogens is 588 g/mol. The number of nitrogens with two attached hydrogens (primary N) is 1. The molecule has 2 atom stereocenters. The summed E-state index contributed by atoms with van der Waals surface area (Å²) in [7, 11) is 0. The van der Waals surface area contributed by atoms with E-state index in [1.807, 2.05) is 20.8 Å². The van der Waals surface area contributed by atoms with Gasteiger partial charge in [0.2, 0.25) is 5.91 Å². The molecule has 0 aliphatic carbocycles. The summed E-state index contributed by atoms with van der Waals surface area (Å²) in [6, 6.07) is -0.809. The molecule has 0 aliphatic heterocycles. The molecule has 0 aromatic heterocycles. The van der Waals surface area contributed by atoms with Crippen LogP contribution >= 0.6 is 0 Å². The van der Waals surface area contributed by atoms with Crippen molar-refractivity contribution in [3.8, 4) is 0 Å². The molecule has 1 amide bonds. The Morgan fingerprint density at radius 2 is 1.02 bits per heavy atom. The minimum absolute atomic E-state index is 0.135. The molecule has 0 heterocycles. The molecule has 0 radical (unpaired) electrons. The first kappa shape index (κ1) is 45.8. The molecular formula is C40H80N2O5. The van der Waals surface area contributed by atoms with Crippen molar-refractivity contribution in [3.05, 3.63) is 0 Å². The molecule has 7 heteroatoms. The monoisotopic (exact) mass is 669 g/mol. The Morgan fingerprint density at radius 3 is 1.45 bits per heavy atom. The summed E-state index contributed by atoms with van der Waals surface area (Å²) in [5, 5.41) is 2.97. The topological polar surface area (TPSA) is 99.9 Å². The Bertz CT molecular complexity index is 697. The van der Waals surface area contributed by atoms with Crippen LogP contribution in [0.4, 0.5) is 0 Å². The second kappa shape index (κ2) is 33.3. The van der Waals surface area contributed by atoms with Gasteiger partial charge in [-0.15, -0.1) is 0 Å². The Morgan fingerprint density at radius 1 is 0.617 bits per heavy atom. The van der Waals surface area contributed by atoms with Gasteiger partial charge in [0.15, 0.2) is 0 Å². The fourth-order valence-corrected chi connectivity index (χ4v) is 5.72. The second-order valence-corrected chi connectivity index (χ2v) is 14.8. The van der Waals surface area contributed by atoms with Crippen molar-refractivity contribution in [2.45, 2.75) is 219 Å². The Kier molecular flexibility index (Phi) is 32.5. The van der Waals surface area contributed by atoms with Gasteiger partial charge in [-0.2, -0.15) is 0 Å². The highest BCUT2D eigenvalue weighted by atomic mass is 16.6. The largest absolute Gasteiger partial charge is 0.459 e. The quantitative estimate of drug-likeness (QED) is 0.0515. The lowest BCUT2D eigenvalue weighted by Gasteiger charge is -2.22. The molecule has 0 spiro atoms. The number of ether oxygens (including phenoxy) is 3. The van der Waals surface area contributed by atoms with Gasteiger partial charge in [-0.1, -0.05) is 155 Å². The van der Waals surface area contributed by atoms with Crippen LogP contribution in [0.1, 0.15) is 202 Å². The second-order valence-electron chi connectivity index (χ2n) is 14.8. The first-order valence-corrected chi connectivity index (χ1v) is 20.1. The lowest BCUT2D eigenvalue weighted by atomic mass is 10.1. The molecule has 47 heavy (non-hydrogen) atoms. The predicted octanol–water partition coefficient (Wildman–Crippen LogP) is 10.4. The SMILES string of the molecule is CCCCCCCCCCCCCCOCC(CNC(=O)CCC(N)C(=O)OC(C)(C)C)OCCCCCCCCCCCCCC. The van der Waals surface area contributed by atoms with Crippen LogP contribution in [0.3, 0.4) is 0 Å².